The van der Waals surface area contributed by atoms with Gasteiger partial charge in [-0.25, -0.2) is 9.97 Å². The molecule has 0 unspecified atom stereocenters. The predicted molar refractivity (Wildman–Crippen MR) is 83.4 cm³/mol. The largest absolute Gasteiger partial charge is 0.352 e. The van der Waals surface area contributed by atoms with Crippen LogP contribution in [0.2, 0.25) is 5.02 Å². The molecule has 0 saturated carbocycles. The van der Waals surface area contributed by atoms with Crippen molar-refractivity contribution in [1.82, 2.24) is 15.0 Å². The van der Waals surface area contributed by atoms with E-state index >= 15 is 0 Å². The van der Waals surface area contributed by atoms with Crippen molar-refractivity contribution in [3.63, 3.8) is 0 Å². The fourth-order valence-corrected chi connectivity index (χ4v) is 3.13. The number of rotatable bonds is 2. The normalized spacial score (nSPS) is 15.5. The van der Waals surface area contributed by atoms with E-state index < -0.39 is 0 Å². The smallest absolute Gasteiger partial charge is 0.147 e. The van der Waals surface area contributed by atoms with Crippen molar-refractivity contribution in [2.24, 2.45) is 0 Å². The molecular formula is C13H13BrClN5. The maximum Gasteiger partial charge on any atom is 0.147 e. The van der Waals surface area contributed by atoms with Crippen LogP contribution in [0.3, 0.4) is 0 Å². The van der Waals surface area contributed by atoms with E-state index in [-0.39, 0.29) is 0 Å². The van der Waals surface area contributed by atoms with Gasteiger partial charge < -0.3 is 9.80 Å². The fraction of sp³-hybridized carbons (Fsp3) is 0.308. The summed E-state index contributed by atoms with van der Waals surface area (Å²) < 4.78 is 0.929. The van der Waals surface area contributed by atoms with E-state index in [1.807, 2.05) is 6.07 Å². The number of nitrogens with zero attached hydrogens (tertiary/aromatic N) is 5. The van der Waals surface area contributed by atoms with E-state index in [9.17, 15) is 0 Å². The second-order valence-electron chi connectivity index (χ2n) is 4.50. The Labute approximate surface area is 130 Å². The summed E-state index contributed by atoms with van der Waals surface area (Å²) in [7, 11) is 0. The summed E-state index contributed by atoms with van der Waals surface area (Å²) in [6.45, 7) is 3.58. The zero-order valence-corrected chi connectivity index (χ0v) is 13.0. The lowest BCUT2D eigenvalue weighted by Crippen LogP contribution is -2.47. The second-order valence-corrected chi connectivity index (χ2v) is 5.79. The van der Waals surface area contributed by atoms with Crippen LogP contribution in [-0.2, 0) is 0 Å². The molecule has 5 nitrogen and oxygen atoms in total. The van der Waals surface area contributed by atoms with Gasteiger partial charge in [-0.3, -0.25) is 4.98 Å². The highest BCUT2D eigenvalue weighted by molar-refractivity contribution is 9.10. The first-order valence-electron chi connectivity index (χ1n) is 6.31. The summed E-state index contributed by atoms with van der Waals surface area (Å²) in [4.78, 5) is 17.3. The quantitative estimate of drug-likeness (QED) is 0.829. The minimum absolute atomic E-state index is 0.638. The van der Waals surface area contributed by atoms with Crippen molar-refractivity contribution in [3.8, 4) is 0 Å². The number of anilines is 2. The monoisotopic (exact) mass is 353 g/mol. The van der Waals surface area contributed by atoms with Gasteiger partial charge in [-0.05, 0) is 22.0 Å². The van der Waals surface area contributed by atoms with E-state index in [0.717, 1.165) is 42.3 Å². The Morgan fingerprint density at radius 1 is 1.00 bits per heavy atom. The third-order valence-electron chi connectivity index (χ3n) is 3.24. The minimum Gasteiger partial charge on any atom is -0.352 e. The van der Waals surface area contributed by atoms with Gasteiger partial charge in [0.2, 0.25) is 0 Å². The Bertz CT molecular complexity index is 587. The SMILES string of the molecule is Clc1cnc(N2CCN(c3cnccn3)CC2)c(Br)c1. The summed E-state index contributed by atoms with van der Waals surface area (Å²) in [5.74, 6) is 1.86. The fourth-order valence-electron chi connectivity index (χ4n) is 2.24. The Morgan fingerprint density at radius 3 is 2.40 bits per heavy atom. The van der Waals surface area contributed by atoms with Gasteiger partial charge in [0.05, 0.1) is 15.7 Å². The van der Waals surface area contributed by atoms with Crippen molar-refractivity contribution < 1.29 is 0 Å². The van der Waals surface area contributed by atoms with Crippen molar-refractivity contribution in [2.45, 2.75) is 0 Å². The van der Waals surface area contributed by atoms with Gasteiger partial charge in [0.25, 0.3) is 0 Å². The molecule has 1 saturated heterocycles. The Hall–Kier alpha value is -1.40. The molecule has 1 aliphatic heterocycles. The lowest BCUT2D eigenvalue weighted by Gasteiger charge is -2.36. The maximum absolute atomic E-state index is 5.92. The second kappa shape index (κ2) is 5.93. The zero-order chi connectivity index (χ0) is 13.9. The van der Waals surface area contributed by atoms with Gasteiger partial charge in [-0.15, -0.1) is 0 Å². The average Bonchev–Trinajstić information content (AvgIpc) is 2.48. The predicted octanol–water partition coefficient (Wildman–Crippen LogP) is 2.61. The summed E-state index contributed by atoms with van der Waals surface area (Å²) in [6.07, 6.45) is 6.89. The lowest BCUT2D eigenvalue weighted by atomic mass is 10.3. The van der Waals surface area contributed by atoms with Crippen LogP contribution in [0.4, 0.5) is 11.6 Å². The van der Waals surface area contributed by atoms with Crippen LogP contribution in [0.1, 0.15) is 0 Å². The first-order valence-corrected chi connectivity index (χ1v) is 7.48. The molecule has 0 spiro atoms. The van der Waals surface area contributed by atoms with Crippen LogP contribution in [0.15, 0.2) is 35.3 Å². The van der Waals surface area contributed by atoms with Gasteiger partial charge in [0.1, 0.15) is 11.6 Å². The molecule has 20 heavy (non-hydrogen) atoms. The summed E-state index contributed by atoms with van der Waals surface area (Å²) in [6, 6.07) is 1.87. The summed E-state index contributed by atoms with van der Waals surface area (Å²) in [5.41, 5.74) is 0. The van der Waals surface area contributed by atoms with Crippen LogP contribution in [-0.4, -0.2) is 41.1 Å². The van der Waals surface area contributed by atoms with Gasteiger partial charge in [0, 0.05) is 44.8 Å². The number of pyridine rings is 1. The van der Waals surface area contributed by atoms with Gasteiger partial charge in [0.15, 0.2) is 0 Å². The molecule has 2 aromatic heterocycles. The van der Waals surface area contributed by atoms with Crippen molar-refractivity contribution in [3.05, 3.63) is 40.3 Å². The molecule has 0 radical (unpaired) electrons. The van der Waals surface area contributed by atoms with Crippen LogP contribution >= 0.6 is 27.5 Å². The number of hydrogen-bond acceptors (Lipinski definition) is 5. The van der Waals surface area contributed by atoms with E-state index in [1.54, 1.807) is 24.8 Å². The molecule has 3 heterocycles. The van der Waals surface area contributed by atoms with E-state index in [0.29, 0.717) is 5.02 Å². The highest BCUT2D eigenvalue weighted by Crippen LogP contribution is 2.27. The summed E-state index contributed by atoms with van der Waals surface area (Å²) >= 11 is 9.44. The number of hydrogen-bond donors (Lipinski definition) is 0. The highest BCUT2D eigenvalue weighted by atomic mass is 79.9. The lowest BCUT2D eigenvalue weighted by molar-refractivity contribution is 0.639. The van der Waals surface area contributed by atoms with Crippen LogP contribution in [0.25, 0.3) is 0 Å². The molecular weight excluding hydrogens is 342 g/mol. The molecule has 0 aliphatic carbocycles. The molecule has 1 aliphatic rings. The first-order chi connectivity index (χ1) is 9.74. The van der Waals surface area contributed by atoms with Crippen LogP contribution in [0.5, 0.6) is 0 Å². The van der Waals surface area contributed by atoms with Crippen molar-refractivity contribution >= 4 is 39.2 Å². The standard InChI is InChI=1S/C13H13BrClN5/c14-11-7-10(15)8-18-13(11)20-5-3-19(4-6-20)12-9-16-1-2-17-12/h1-2,7-9H,3-6H2. The molecule has 2 aromatic rings. The number of piperazine rings is 1. The van der Waals surface area contributed by atoms with Crippen LogP contribution in [0, 0.1) is 0 Å². The topological polar surface area (TPSA) is 45.2 Å². The molecule has 0 amide bonds. The molecule has 104 valence electrons. The number of aromatic nitrogens is 3. The summed E-state index contributed by atoms with van der Waals surface area (Å²) in [5, 5.41) is 0.638. The molecule has 0 bridgehead atoms. The van der Waals surface area contributed by atoms with Crippen molar-refractivity contribution in [1.29, 1.82) is 0 Å². The van der Waals surface area contributed by atoms with E-state index in [4.69, 9.17) is 11.6 Å². The van der Waals surface area contributed by atoms with Gasteiger partial charge >= 0.3 is 0 Å². The van der Waals surface area contributed by atoms with E-state index in [2.05, 4.69) is 40.7 Å². The van der Waals surface area contributed by atoms with Gasteiger partial charge in [-0.1, -0.05) is 11.6 Å². The van der Waals surface area contributed by atoms with Gasteiger partial charge in [-0.2, -0.15) is 0 Å². The van der Waals surface area contributed by atoms with Crippen LogP contribution < -0.4 is 9.80 Å². The molecule has 1 fully saturated rings. The minimum atomic E-state index is 0.638. The molecule has 7 heteroatoms. The molecule has 0 N–H and O–H groups in total. The Morgan fingerprint density at radius 2 is 1.75 bits per heavy atom. The molecule has 0 atom stereocenters. The maximum atomic E-state index is 5.92. The molecule has 0 aromatic carbocycles. The third kappa shape index (κ3) is 2.86. The zero-order valence-electron chi connectivity index (χ0n) is 10.7. The Kier molecular flexibility index (Phi) is 4.03. The van der Waals surface area contributed by atoms with Crippen molar-refractivity contribution in [2.75, 3.05) is 36.0 Å². The Balaban J connectivity index is 1.69. The highest BCUT2D eigenvalue weighted by Gasteiger charge is 2.20. The third-order valence-corrected chi connectivity index (χ3v) is 4.03. The van der Waals surface area contributed by atoms with E-state index in [1.165, 1.54) is 0 Å². The first kappa shape index (κ1) is 13.6. The molecule has 3 rings (SSSR count). The number of halogens is 2. The average molecular weight is 355 g/mol.